The second kappa shape index (κ2) is 7.03. The van der Waals surface area contributed by atoms with Crippen molar-refractivity contribution >= 4 is 21.8 Å². The molecule has 1 heterocycles. The number of carbonyl (C=O) groups is 1. The van der Waals surface area contributed by atoms with E-state index in [0.29, 0.717) is 32.9 Å². The van der Waals surface area contributed by atoms with E-state index < -0.39 is 6.10 Å². The van der Waals surface area contributed by atoms with E-state index in [-0.39, 0.29) is 5.91 Å². The highest BCUT2D eigenvalue weighted by atomic mass is 79.9. The largest absolute Gasteiger partial charge is 0.378 e. The Labute approximate surface area is 121 Å². The van der Waals surface area contributed by atoms with Gasteiger partial charge in [0.1, 0.15) is 6.10 Å². The molecule has 1 aliphatic heterocycles. The van der Waals surface area contributed by atoms with Crippen molar-refractivity contribution in [2.75, 3.05) is 26.3 Å². The smallest absolute Gasteiger partial charge is 0.251 e. The molecule has 0 spiro atoms. The standard InChI is InChI=1S/C14H18BrNO3/c1-11(14(17)16-5-7-18-8-6-16)19-10-12-3-2-4-13(15)9-12/h2-4,9,11H,5-8,10H2,1H3. The Hall–Kier alpha value is -0.910. The van der Waals surface area contributed by atoms with Gasteiger partial charge in [0.25, 0.3) is 5.91 Å². The lowest BCUT2D eigenvalue weighted by Gasteiger charge is -2.29. The molecule has 104 valence electrons. The summed E-state index contributed by atoms with van der Waals surface area (Å²) < 4.78 is 11.9. The van der Waals surface area contributed by atoms with E-state index >= 15 is 0 Å². The maximum absolute atomic E-state index is 12.1. The number of ether oxygens (including phenoxy) is 2. The fraction of sp³-hybridized carbons (Fsp3) is 0.500. The monoisotopic (exact) mass is 327 g/mol. The maximum Gasteiger partial charge on any atom is 0.251 e. The highest BCUT2D eigenvalue weighted by Crippen LogP contribution is 2.13. The third-order valence-electron chi connectivity index (χ3n) is 3.06. The lowest BCUT2D eigenvalue weighted by atomic mass is 10.2. The Morgan fingerprint density at radius 2 is 2.21 bits per heavy atom. The zero-order valence-corrected chi connectivity index (χ0v) is 12.6. The van der Waals surface area contributed by atoms with Crippen molar-refractivity contribution in [3.63, 3.8) is 0 Å². The number of halogens is 1. The number of carbonyl (C=O) groups excluding carboxylic acids is 1. The topological polar surface area (TPSA) is 38.8 Å². The summed E-state index contributed by atoms with van der Waals surface area (Å²) in [5.74, 6) is 0.0401. The second-order valence-corrected chi connectivity index (χ2v) is 5.44. The summed E-state index contributed by atoms with van der Waals surface area (Å²) in [5.41, 5.74) is 1.05. The van der Waals surface area contributed by atoms with Gasteiger partial charge in [-0.25, -0.2) is 0 Å². The van der Waals surface area contributed by atoms with Crippen molar-refractivity contribution in [1.29, 1.82) is 0 Å². The van der Waals surface area contributed by atoms with Gasteiger partial charge < -0.3 is 14.4 Å². The Bertz CT molecular complexity index is 432. The number of hydrogen-bond acceptors (Lipinski definition) is 3. The lowest BCUT2D eigenvalue weighted by molar-refractivity contribution is -0.147. The normalized spacial score (nSPS) is 17.3. The number of rotatable bonds is 4. The first kappa shape index (κ1) is 14.5. The van der Waals surface area contributed by atoms with Crippen molar-refractivity contribution in [3.05, 3.63) is 34.3 Å². The van der Waals surface area contributed by atoms with Crippen LogP contribution in [0.15, 0.2) is 28.7 Å². The van der Waals surface area contributed by atoms with Gasteiger partial charge in [-0.3, -0.25) is 4.79 Å². The predicted molar refractivity (Wildman–Crippen MR) is 75.8 cm³/mol. The average molecular weight is 328 g/mol. The molecule has 1 aliphatic rings. The van der Waals surface area contributed by atoms with Crippen LogP contribution in [0.1, 0.15) is 12.5 Å². The summed E-state index contributed by atoms with van der Waals surface area (Å²) in [6.07, 6.45) is -0.419. The Morgan fingerprint density at radius 3 is 2.89 bits per heavy atom. The summed E-state index contributed by atoms with van der Waals surface area (Å²) in [4.78, 5) is 13.9. The predicted octanol–water partition coefficient (Wildman–Crippen LogP) is 2.21. The number of amides is 1. The van der Waals surface area contributed by atoms with Crippen molar-refractivity contribution in [2.45, 2.75) is 19.6 Å². The van der Waals surface area contributed by atoms with Crippen molar-refractivity contribution in [2.24, 2.45) is 0 Å². The summed E-state index contributed by atoms with van der Waals surface area (Å²) in [7, 11) is 0. The van der Waals surface area contributed by atoms with Gasteiger partial charge >= 0.3 is 0 Å². The summed E-state index contributed by atoms with van der Waals surface area (Å²) in [6, 6.07) is 7.89. The van der Waals surface area contributed by atoms with Gasteiger partial charge in [-0.05, 0) is 24.6 Å². The van der Waals surface area contributed by atoms with Gasteiger partial charge in [0.2, 0.25) is 0 Å². The SMILES string of the molecule is CC(OCc1cccc(Br)c1)C(=O)N1CCOCC1. The van der Waals surface area contributed by atoms with E-state index in [4.69, 9.17) is 9.47 Å². The first-order chi connectivity index (χ1) is 9.16. The van der Waals surface area contributed by atoms with Crippen LogP contribution in [0, 0.1) is 0 Å². The van der Waals surface area contributed by atoms with Crippen LogP contribution in [0.4, 0.5) is 0 Å². The van der Waals surface area contributed by atoms with E-state index in [1.54, 1.807) is 11.8 Å². The minimum Gasteiger partial charge on any atom is -0.378 e. The lowest BCUT2D eigenvalue weighted by Crippen LogP contribution is -2.45. The molecule has 0 N–H and O–H groups in total. The summed E-state index contributed by atoms with van der Waals surface area (Å²) in [6.45, 7) is 4.79. The third-order valence-corrected chi connectivity index (χ3v) is 3.55. The molecule has 4 nitrogen and oxygen atoms in total. The van der Waals surface area contributed by atoms with Crippen LogP contribution in [0.3, 0.4) is 0 Å². The first-order valence-corrected chi connectivity index (χ1v) is 7.18. The Balaban J connectivity index is 1.83. The molecule has 0 aliphatic carbocycles. The molecule has 1 saturated heterocycles. The van der Waals surface area contributed by atoms with Gasteiger partial charge in [0.05, 0.1) is 19.8 Å². The molecule has 1 fully saturated rings. The second-order valence-electron chi connectivity index (χ2n) is 4.52. The van der Waals surface area contributed by atoms with Crippen molar-refractivity contribution < 1.29 is 14.3 Å². The zero-order valence-electron chi connectivity index (χ0n) is 11.0. The molecule has 19 heavy (non-hydrogen) atoms. The van der Waals surface area contributed by atoms with Crippen molar-refractivity contribution in [3.8, 4) is 0 Å². The minimum absolute atomic E-state index is 0.0401. The highest BCUT2D eigenvalue weighted by molar-refractivity contribution is 9.10. The molecular weight excluding hydrogens is 310 g/mol. The van der Waals surface area contributed by atoms with Crippen LogP contribution in [0.2, 0.25) is 0 Å². The molecule has 1 atom stereocenters. The van der Waals surface area contributed by atoms with E-state index in [0.717, 1.165) is 10.0 Å². The highest BCUT2D eigenvalue weighted by Gasteiger charge is 2.22. The molecular formula is C14H18BrNO3. The molecule has 1 aromatic rings. The fourth-order valence-electron chi connectivity index (χ4n) is 1.96. The third kappa shape index (κ3) is 4.30. The van der Waals surface area contributed by atoms with E-state index in [1.165, 1.54) is 0 Å². The summed E-state index contributed by atoms with van der Waals surface area (Å²) >= 11 is 3.42. The molecule has 1 unspecified atom stereocenters. The van der Waals surface area contributed by atoms with E-state index in [9.17, 15) is 4.79 Å². The number of morpholine rings is 1. The number of nitrogens with zero attached hydrogens (tertiary/aromatic N) is 1. The molecule has 0 bridgehead atoms. The Kier molecular flexibility index (Phi) is 5.36. The van der Waals surface area contributed by atoms with Crippen LogP contribution in [0.25, 0.3) is 0 Å². The van der Waals surface area contributed by atoms with Crippen LogP contribution >= 0.6 is 15.9 Å². The quantitative estimate of drug-likeness (QED) is 0.851. The van der Waals surface area contributed by atoms with Crippen molar-refractivity contribution in [1.82, 2.24) is 4.90 Å². The van der Waals surface area contributed by atoms with Crippen LogP contribution < -0.4 is 0 Å². The minimum atomic E-state index is -0.419. The number of hydrogen-bond donors (Lipinski definition) is 0. The van der Waals surface area contributed by atoms with Crippen LogP contribution in [-0.4, -0.2) is 43.2 Å². The van der Waals surface area contributed by atoms with E-state index in [1.807, 2.05) is 24.3 Å². The maximum atomic E-state index is 12.1. The molecule has 1 amide bonds. The van der Waals surface area contributed by atoms with Crippen LogP contribution in [0.5, 0.6) is 0 Å². The van der Waals surface area contributed by atoms with Crippen LogP contribution in [-0.2, 0) is 20.9 Å². The average Bonchev–Trinajstić information content (AvgIpc) is 2.45. The van der Waals surface area contributed by atoms with Gasteiger partial charge in [-0.15, -0.1) is 0 Å². The van der Waals surface area contributed by atoms with Gasteiger partial charge in [-0.2, -0.15) is 0 Å². The molecule has 5 heteroatoms. The fourth-order valence-corrected chi connectivity index (χ4v) is 2.41. The summed E-state index contributed by atoms with van der Waals surface area (Å²) in [5, 5.41) is 0. The molecule has 0 aromatic heterocycles. The zero-order chi connectivity index (χ0) is 13.7. The van der Waals surface area contributed by atoms with Gasteiger partial charge in [0.15, 0.2) is 0 Å². The molecule has 2 rings (SSSR count). The molecule has 0 radical (unpaired) electrons. The molecule has 1 aromatic carbocycles. The molecule has 0 saturated carbocycles. The van der Waals surface area contributed by atoms with Gasteiger partial charge in [-0.1, -0.05) is 28.1 Å². The first-order valence-electron chi connectivity index (χ1n) is 6.39. The number of benzene rings is 1. The van der Waals surface area contributed by atoms with Gasteiger partial charge in [0, 0.05) is 17.6 Å². The van der Waals surface area contributed by atoms with E-state index in [2.05, 4.69) is 15.9 Å². The Morgan fingerprint density at radius 1 is 1.47 bits per heavy atom.